The quantitative estimate of drug-likeness (QED) is 0.325. The number of hydrogen-bond acceptors (Lipinski definition) is 4. The fourth-order valence-corrected chi connectivity index (χ4v) is 3.74. The van der Waals surface area contributed by atoms with Gasteiger partial charge < -0.3 is 24.8 Å². The monoisotopic (exact) mass is 391 g/mol. The smallest absolute Gasteiger partial charge is 0.190 e. The Morgan fingerprint density at radius 1 is 1.07 bits per heavy atom. The first-order chi connectivity index (χ1) is 13.7. The van der Waals surface area contributed by atoms with Gasteiger partial charge in [-0.15, -0.1) is 0 Å². The molecule has 0 unspecified atom stereocenters. The van der Waals surface area contributed by atoms with Gasteiger partial charge in [0.25, 0.3) is 0 Å². The molecule has 1 aliphatic rings. The predicted molar refractivity (Wildman–Crippen MR) is 114 cm³/mol. The largest absolute Gasteiger partial charge is 0.497 e. The van der Waals surface area contributed by atoms with E-state index in [1.807, 2.05) is 31.3 Å². The Balaban J connectivity index is 1.60. The van der Waals surface area contributed by atoms with E-state index in [9.17, 15) is 0 Å². The third kappa shape index (κ3) is 7.68. The van der Waals surface area contributed by atoms with E-state index in [0.29, 0.717) is 18.6 Å². The van der Waals surface area contributed by atoms with Crippen LogP contribution >= 0.6 is 0 Å². The van der Waals surface area contributed by atoms with Gasteiger partial charge in [-0.2, -0.15) is 0 Å². The number of aliphatic imine (C=N–C) groups is 1. The molecule has 158 valence electrons. The van der Waals surface area contributed by atoms with Gasteiger partial charge >= 0.3 is 0 Å². The van der Waals surface area contributed by atoms with E-state index < -0.39 is 0 Å². The van der Waals surface area contributed by atoms with Gasteiger partial charge in [0, 0.05) is 40.5 Å². The summed E-state index contributed by atoms with van der Waals surface area (Å²) in [6, 6.07) is 7.98. The Kier molecular flexibility index (Phi) is 10.1. The third-order valence-corrected chi connectivity index (χ3v) is 5.54. The normalized spacial score (nSPS) is 16.2. The Labute approximate surface area is 170 Å². The molecule has 0 spiro atoms. The minimum atomic E-state index is 0.356. The minimum absolute atomic E-state index is 0.356. The van der Waals surface area contributed by atoms with Crippen LogP contribution in [0.25, 0.3) is 0 Å². The summed E-state index contributed by atoms with van der Waals surface area (Å²) in [6.45, 7) is 3.98. The van der Waals surface area contributed by atoms with Crippen LogP contribution in [0.15, 0.2) is 29.3 Å². The topological polar surface area (TPSA) is 64.1 Å². The average Bonchev–Trinajstić information content (AvgIpc) is 3.20. The molecule has 6 heteroatoms. The summed E-state index contributed by atoms with van der Waals surface area (Å²) in [4.78, 5) is 4.35. The van der Waals surface area contributed by atoms with Crippen molar-refractivity contribution in [1.82, 2.24) is 10.6 Å². The van der Waals surface area contributed by atoms with Crippen molar-refractivity contribution in [3.8, 4) is 5.75 Å². The van der Waals surface area contributed by atoms with E-state index in [4.69, 9.17) is 14.2 Å². The summed E-state index contributed by atoms with van der Waals surface area (Å²) in [5.41, 5.74) is 1.51. The molecule has 1 fully saturated rings. The molecule has 2 rings (SSSR count). The molecule has 0 radical (unpaired) electrons. The molecule has 1 saturated carbocycles. The summed E-state index contributed by atoms with van der Waals surface area (Å²) in [5.74, 6) is 1.74. The van der Waals surface area contributed by atoms with Gasteiger partial charge in [-0.1, -0.05) is 25.0 Å². The van der Waals surface area contributed by atoms with Gasteiger partial charge in [-0.25, -0.2) is 0 Å². The molecule has 0 amide bonds. The van der Waals surface area contributed by atoms with Crippen LogP contribution in [-0.2, 0) is 16.1 Å². The molecular weight excluding hydrogens is 354 g/mol. The lowest BCUT2D eigenvalue weighted by atomic mass is 9.83. The predicted octanol–water partition coefficient (Wildman–Crippen LogP) is 3.36. The number of methoxy groups -OCH3 is 2. The molecule has 0 aliphatic heterocycles. The highest BCUT2D eigenvalue weighted by molar-refractivity contribution is 5.79. The first-order valence-electron chi connectivity index (χ1n) is 10.4. The number of rotatable bonds is 12. The molecule has 0 bridgehead atoms. The van der Waals surface area contributed by atoms with Gasteiger partial charge in [0.2, 0.25) is 0 Å². The Hall–Kier alpha value is -1.79. The molecule has 0 atom stereocenters. The van der Waals surface area contributed by atoms with Gasteiger partial charge in [-0.05, 0) is 48.8 Å². The van der Waals surface area contributed by atoms with Crippen LogP contribution in [0.4, 0.5) is 0 Å². The zero-order valence-corrected chi connectivity index (χ0v) is 17.8. The van der Waals surface area contributed by atoms with E-state index in [1.54, 1.807) is 14.2 Å². The molecule has 0 heterocycles. The maximum absolute atomic E-state index is 5.76. The Morgan fingerprint density at radius 3 is 2.46 bits per heavy atom. The van der Waals surface area contributed by atoms with Crippen molar-refractivity contribution in [2.45, 2.75) is 45.1 Å². The van der Waals surface area contributed by atoms with Gasteiger partial charge in [-0.3, -0.25) is 4.99 Å². The van der Waals surface area contributed by atoms with Crippen molar-refractivity contribution in [2.75, 3.05) is 47.6 Å². The standard InChI is InChI=1S/C22H37N3O3/c1-23-21(25-18-22(13-16-26-2)11-4-5-12-22)24-14-6-15-28-17-19-7-9-20(27-3)10-8-19/h7-10H,4-6,11-18H2,1-3H3,(H2,23,24,25). The fourth-order valence-electron chi connectivity index (χ4n) is 3.74. The number of nitrogens with one attached hydrogen (secondary N) is 2. The maximum Gasteiger partial charge on any atom is 0.190 e. The number of guanidine groups is 1. The lowest BCUT2D eigenvalue weighted by molar-refractivity contribution is 0.119. The van der Waals surface area contributed by atoms with Crippen LogP contribution in [0.1, 0.15) is 44.1 Å². The number of nitrogens with zero attached hydrogens (tertiary/aromatic N) is 1. The van der Waals surface area contributed by atoms with Crippen molar-refractivity contribution in [2.24, 2.45) is 10.4 Å². The summed E-state index contributed by atoms with van der Waals surface area (Å²) in [5, 5.41) is 6.91. The third-order valence-electron chi connectivity index (χ3n) is 5.54. The molecule has 0 saturated heterocycles. The van der Waals surface area contributed by atoms with Gasteiger partial charge in [0.1, 0.15) is 5.75 Å². The molecule has 6 nitrogen and oxygen atoms in total. The summed E-state index contributed by atoms with van der Waals surface area (Å²) in [6.07, 6.45) is 7.25. The van der Waals surface area contributed by atoms with E-state index in [2.05, 4.69) is 15.6 Å². The molecule has 1 aromatic carbocycles. The molecule has 2 N–H and O–H groups in total. The highest BCUT2D eigenvalue weighted by Gasteiger charge is 2.33. The molecule has 28 heavy (non-hydrogen) atoms. The minimum Gasteiger partial charge on any atom is -0.497 e. The number of benzene rings is 1. The van der Waals surface area contributed by atoms with Crippen molar-refractivity contribution in [3.05, 3.63) is 29.8 Å². The lowest BCUT2D eigenvalue weighted by Crippen LogP contribution is -2.43. The second-order valence-corrected chi connectivity index (χ2v) is 7.56. The second kappa shape index (κ2) is 12.6. The van der Waals surface area contributed by atoms with Crippen LogP contribution in [0.3, 0.4) is 0 Å². The maximum atomic E-state index is 5.76. The van der Waals surface area contributed by atoms with Crippen molar-refractivity contribution in [3.63, 3.8) is 0 Å². The van der Waals surface area contributed by atoms with Gasteiger partial charge in [0.05, 0.1) is 13.7 Å². The Morgan fingerprint density at radius 2 is 1.82 bits per heavy atom. The van der Waals surface area contributed by atoms with Crippen LogP contribution in [0.2, 0.25) is 0 Å². The first-order valence-corrected chi connectivity index (χ1v) is 10.4. The number of ether oxygens (including phenoxy) is 3. The SMILES string of the molecule is CN=C(NCCCOCc1ccc(OC)cc1)NCC1(CCOC)CCCC1. The van der Waals surface area contributed by atoms with E-state index in [-0.39, 0.29) is 0 Å². The zero-order chi connectivity index (χ0) is 20.1. The molecule has 1 aromatic rings. The van der Waals surface area contributed by atoms with Crippen LogP contribution in [0, 0.1) is 5.41 Å². The number of hydrogen-bond donors (Lipinski definition) is 2. The van der Waals surface area contributed by atoms with Crippen LogP contribution in [0.5, 0.6) is 5.75 Å². The van der Waals surface area contributed by atoms with Crippen molar-refractivity contribution in [1.29, 1.82) is 0 Å². The Bertz CT molecular complexity index is 569. The van der Waals surface area contributed by atoms with Crippen LogP contribution < -0.4 is 15.4 Å². The molecule has 0 aromatic heterocycles. The van der Waals surface area contributed by atoms with Crippen molar-refractivity contribution < 1.29 is 14.2 Å². The summed E-state index contributed by atoms with van der Waals surface area (Å²) < 4.78 is 16.2. The van der Waals surface area contributed by atoms with E-state index in [0.717, 1.165) is 49.8 Å². The second-order valence-electron chi connectivity index (χ2n) is 7.56. The lowest BCUT2D eigenvalue weighted by Gasteiger charge is -2.30. The van der Waals surface area contributed by atoms with Crippen LogP contribution in [-0.4, -0.2) is 53.5 Å². The summed E-state index contributed by atoms with van der Waals surface area (Å²) in [7, 11) is 5.29. The van der Waals surface area contributed by atoms with E-state index in [1.165, 1.54) is 25.7 Å². The van der Waals surface area contributed by atoms with E-state index >= 15 is 0 Å². The zero-order valence-electron chi connectivity index (χ0n) is 17.8. The molecule has 1 aliphatic carbocycles. The fraction of sp³-hybridized carbons (Fsp3) is 0.682. The average molecular weight is 392 g/mol. The first kappa shape index (κ1) is 22.5. The van der Waals surface area contributed by atoms with Crippen molar-refractivity contribution >= 4 is 5.96 Å². The highest BCUT2D eigenvalue weighted by Crippen LogP contribution is 2.40. The van der Waals surface area contributed by atoms with Gasteiger partial charge in [0.15, 0.2) is 5.96 Å². The molecular formula is C22H37N3O3. The highest BCUT2D eigenvalue weighted by atomic mass is 16.5. The summed E-state index contributed by atoms with van der Waals surface area (Å²) >= 11 is 0.